The number of hydrogen-bond donors (Lipinski definition) is 2. The Balaban J connectivity index is 1.51. The third-order valence-corrected chi connectivity index (χ3v) is 4.90. The second-order valence-corrected chi connectivity index (χ2v) is 6.69. The Morgan fingerprint density at radius 2 is 2.35 bits per heavy atom. The van der Waals surface area contributed by atoms with E-state index in [1.807, 2.05) is 13.8 Å². The minimum atomic E-state index is -0.0272. The van der Waals surface area contributed by atoms with Gasteiger partial charge in [-0.15, -0.1) is 10.2 Å². The van der Waals surface area contributed by atoms with Crippen LogP contribution in [0.15, 0.2) is 0 Å². The van der Waals surface area contributed by atoms with Gasteiger partial charge in [-0.1, -0.05) is 18.3 Å². The fourth-order valence-electron chi connectivity index (χ4n) is 2.77. The van der Waals surface area contributed by atoms with Gasteiger partial charge in [0.15, 0.2) is 5.82 Å². The molecule has 0 radical (unpaired) electrons. The molecule has 1 fully saturated rings. The average molecular weight is 335 g/mol. The third kappa shape index (κ3) is 3.91. The van der Waals surface area contributed by atoms with Crippen LogP contribution in [-0.2, 0) is 11.2 Å². The van der Waals surface area contributed by atoms with Gasteiger partial charge in [0.05, 0.1) is 6.04 Å². The average Bonchev–Trinajstić information content (AvgIpc) is 3.25. The van der Waals surface area contributed by atoms with Crippen LogP contribution in [0.1, 0.15) is 48.9 Å². The summed E-state index contributed by atoms with van der Waals surface area (Å²) in [6.07, 6.45) is 3.41. The number of amides is 1. The molecular weight excluding hydrogens is 314 g/mol. The monoisotopic (exact) mass is 335 g/mol. The van der Waals surface area contributed by atoms with Gasteiger partial charge in [-0.2, -0.15) is 5.10 Å². The molecule has 0 saturated carbocycles. The van der Waals surface area contributed by atoms with Gasteiger partial charge < -0.3 is 5.32 Å². The SMILES string of the molecule is CCc1nnc(NC(=O)CCN2CCCC2c2n[nH]c(C)n2)s1. The molecule has 2 aromatic heterocycles. The van der Waals surface area contributed by atoms with E-state index in [0.717, 1.165) is 42.5 Å². The summed E-state index contributed by atoms with van der Waals surface area (Å²) in [5, 5.41) is 19.5. The van der Waals surface area contributed by atoms with Crippen molar-refractivity contribution in [3.05, 3.63) is 16.7 Å². The van der Waals surface area contributed by atoms with Gasteiger partial charge >= 0.3 is 0 Å². The number of anilines is 1. The summed E-state index contributed by atoms with van der Waals surface area (Å²) >= 11 is 1.43. The molecular formula is C14H21N7OS. The molecule has 9 heteroatoms. The largest absolute Gasteiger partial charge is 0.300 e. The zero-order valence-electron chi connectivity index (χ0n) is 13.4. The Bertz CT molecular complexity index is 668. The third-order valence-electron chi connectivity index (χ3n) is 3.92. The van der Waals surface area contributed by atoms with Crippen LogP contribution in [0, 0.1) is 6.92 Å². The quantitative estimate of drug-likeness (QED) is 0.833. The summed E-state index contributed by atoms with van der Waals surface area (Å²) in [5.74, 6) is 1.63. The molecule has 1 aliphatic heterocycles. The number of aryl methyl sites for hydroxylation is 2. The van der Waals surface area contributed by atoms with Crippen molar-refractivity contribution in [1.29, 1.82) is 0 Å². The van der Waals surface area contributed by atoms with Crippen molar-refractivity contribution < 1.29 is 4.79 Å². The van der Waals surface area contributed by atoms with E-state index in [1.165, 1.54) is 11.3 Å². The molecule has 1 amide bonds. The Labute approximate surface area is 138 Å². The summed E-state index contributed by atoms with van der Waals surface area (Å²) in [6, 6.07) is 0.209. The number of nitrogens with zero attached hydrogens (tertiary/aromatic N) is 5. The van der Waals surface area contributed by atoms with Crippen LogP contribution < -0.4 is 5.32 Å². The minimum Gasteiger partial charge on any atom is -0.300 e. The van der Waals surface area contributed by atoms with Gasteiger partial charge in [-0.05, 0) is 32.7 Å². The van der Waals surface area contributed by atoms with Crippen molar-refractivity contribution in [2.45, 2.75) is 45.6 Å². The molecule has 2 N–H and O–H groups in total. The minimum absolute atomic E-state index is 0.0272. The Kier molecular flexibility index (Phi) is 4.97. The molecule has 0 spiro atoms. The van der Waals surface area contributed by atoms with E-state index >= 15 is 0 Å². The van der Waals surface area contributed by atoms with Gasteiger partial charge in [0, 0.05) is 13.0 Å². The molecule has 3 heterocycles. The lowest BCUT2D eigenvalue weighted by atomic mass is 10.2. The molecule has 3 rings (SSSR count). The first-order valence-electron chi connectivity index (χ1n) is 7.91. The Morgan fingerprint density at radius 3 is 3.04 bits per heavy atom. The van der Waals surface area contributed by atoms with Crippen LogP contribution in [0.5, 0.6) is 0 Å². The maximum absolute atomic E-state index is 12.1. The standard InChI is InChI=1S/C14H21N7OS/c1-3-12-18-20-14(23-12)16-11(22)6-8-21-7-4-5-10(21)13-15-9(2)17-19-13/h10H,3-8H2,1-2H3,(H,15,17,19)(H,16,20,22). The van der Waals surface area contributed by atoms with Crippen LogP contribution in [0.2, 0.25) is 0 Å². The second kappa shape index (κ2) is 7.14. The lowest BCUT2D eigenvalue weighted by Crippen LogP contribution is -2.28. The smallest absolute Gasteiger partial charge is 0.227 e. The fourth-order valence-corrected chi connectivity index (χ4v) is 3.46. The Morgan fingerprint density at radius 1 is 1.48 bits per heavy atom. The zero-order chi connectivity index (χ0) is 16.2. The first-order chi connectivity index (χ1) is 11.2. The summed E-state index contributed by atoms with van der Waals surface area (Å²) in [5.41, 5.74) is 0. The van der Waals surface area contributed by atoms with Gasteiger partial charge in [-0.25, -0.2) is 4.98 Å². The van der Waals surface area contributed by atoms with E-state index in [-0.39, 0.29) is 11.9 Å². The molecule has 1 aliphatic rings. The summed E-state index contributed by atoms with van der Waals surface area (Å²) in [4.78, 5) is 18.8. The van der Waals surface area contributed by atoms with Gasteiger partial charge in [0.1, 0.15) is 10.8 Å². The lowest BCUT2D eigenvalue weighted by Gasteiger charge is -2.21. The first-order valence-corrected chi connectivity index (χ1v) is 8.72. The van der Waals surface area contributed by atoms with Crippen molar-refractivity contribution in [2.24, 2.45) is 0 Å². The summed E-state index contributed by atoms with van der Waals surface area (Å²) in [6.45, 7) is 5.59. The summed E-state index contributed by atoms with van der Waals surface area (Å²) < 4.78 is 0. The van der Waals surface area contributed by atoms with Crippen LogP contribution in [0.25, 0.3) is 0 Å². The fraction of sp³-hybridized carbons (Fsp3) is 0.643. The maximum atomic E-state index is 12.1. The number of nitrogens with one attached hydrogen (secondary N) is 2. The number of H-pyrrole nitrogens is 1. The van der Waals surface area contributed by atoms with E-state index in [2.05, 4.69) is 35.6 Å². The predicted octanol–water partition coefficient (Wildman–Crippen LogP) is 1.69. The van der Waals surface area contributed by atoms with Crippen molar-refractivity contribution in [1.82, 2.24) is 30.3 Å². The lowest BCUT2D eigenvalue weighted by molar-refractivity contribution is -0.116. The number of likely N-dealkylation sites (tertiary alicyclic amines) is 1. The van der Waals surface area contributed by atoms with Crippen molar-refractivity contribution in [2.75, 3.05) is 18.4 Å². The molecule has 2 aromatic rings. The number of rotatable bonds is 6. The highest BCUT2D eigenvalue weighted by atomic mass is 32.1. The first kappa shape index (κ1) is 16.0. The van der Waals surface area contributed by atoms with Crippen molar-refractivity contribution >= 4 is 22.4 Å². The highest BCUT2D eigenvalue weighted by Gasteiger charge is 2.29. The van der Waals surface area contributed by atoms with E-state index in [9.17, 15) is 4.79 Å². The molecule has 1 unspecified atom stereocenters. The van der Waals surface area contributed by atoms with E-state index in [4.69, 9.17) is 0 Å². The molecule has 1 atom stereocenters. The number of aromatic nitrogens is 5. The molecule has 23 heavy (non-hydrogen) atoms. The number of hydrogen-bond acceptors (Lipinski definition) is 7. The topological polar surface area (TPSA) is 99.7 Å². The van der Waals surface area contributed by atoms with Crippen LogP contribution >= 0.6 is 11.3 Å². The molecule has 1 saturated heterocycles. The van der Waals surface area contributed by atoms with Gasteiger partial charge in [-0.3, -0.25) is 14.8 Å². The molecule has 124 valence electrons. The van der Waals surface area contributed by atoms with Crippen LogP contribution in [0.3, 0.4) is 0 Å². The van der Waals surface area contributed by atoms with E-state index in [1.54, 1.807) is 0 Å². The normalized spacial score (nSPS) is 18.4. The summed E-state index contributed by atoms with van der Waals surface area (Å²) in [7, 11) is 0. The molecule has 0 aliphatic carbocycles. The van der Waals surface area contributed by atoms with Crippen LogP contribution in [0.4, 0.5) is 5.13 Å². The number of aromatic amines is 1. The highest BCUT2D eigenvalue weighted by molar-refractivity contribution is 7.15. The van der Waals surface area contributed by atoms with E-state index in [0.29, 0.717) is 18.1 Å². The van der Waals surface area contributed by atoms with E-state index < -0.39 is 0 Å². The maximum Gasteiger partial charge on any atom is 0.227 e. The van der Waals surface area contributed by atoms with Crippen molar-refractivity contribution in [3.8, 4) is 0 Å². The number of carbonyl (C=O) groups excluding carboxylic acids is 1. The zero-order valence-corrected chi connectivity index (χ0v) is 14.2. The predicted molar refractivity (Wildman–Crippen MR) is 87.2 cm³/mol. The Hall–Kier alpha value is -1.87. The second-order valence-electron chi connectivity index (χ2n) is 5.63. The van der Waals surface area contributed by atoms with Crippen molar-refractivity contribution in [3.63, 3.8) is 0 Å². The van der Waals surface area contributed by atoms with Gasteiger partial charge in [0.2, 0.25) is 11.0 Å². The highest BCUT2D eigenvalue weighted by Crippen LogP contribution is 2.29. The molecule has 8 nitrogen and oxygen atoms in total. The molecule has 0 bridgehead atoms. The van der Waals surface area contributed by atoms with Gasteiger partial charge in [0.25, 0.3) is 0 Å². The number of carbonyl (C=O) groups is 1. The molecule has 0 aromatic carbocycles. The van der Waals surface area contributed by atoms with Crippen LogP contribution in [-0.4, -0.2) is 49.3 Å².